The van der Waals surface area contributed by atoms with E-state index in [0.29, 0.717) is 0 Å². The Hall–Kier alpha value is -2.06. The monoisotopic (exact) mass is 252 g/mol. The molecule has 0 amide bonds. The summed E-state index contributed by atoms with van der Waals surface area (Å²) in [6.07, 6.45) is 4.01. The van der Waals surface area contributed by atoms with Gasteiger partial charge in [0.15, 0.2) is 0 Å². The number of ether oxygens (including phenoxy) is 1. The molecule has 1 aliphatic rings. The first kappa shape index (κ1) is 12.0. The Morgan fingerprint density at radius 1 is 1.00 bits per heavy atom. The Morgan fingerprint density at radius 2 is 1.79 bits per heavy atom. The van der Waals surface area contributed by atoms with E-state index in [9.17, 15) is 0 Å². The number of hydrogen-bond donors (Lipinski definition) is 0. The van der Waals surface area contributed by atoms with E-state index in [2.05, 4.69) is 25.3 Å². The fraction of sp³-hybridized carbons (Fsp3) is 0.176. The van der Waals surface area contributed by atoms with E-state index < -0.39 is 0 Å². The van der Waals surface area contributed by atoms with Crippen molar-refractivity contribution in [3.63, 3.8) is 0 Å². The first-order chi connectivity index (χ1) is 9.25. The summed E-state index contributed by atoms with van der Waals surface area (Å²) in [5.41, 5.74) is 4.15. The van der Waals surface area contributed by atoms with E-state index in [1.54, 1.807) is 12.5 Å². The molecule has 19 heavy (non-hydrogen) atoms. The van der Waals surface area contributed by atoms with Gasteiger partial charge in [0.05, 0.1) is 18.6 Å². The summed E-state index contributed by atoms with van der Waals surface area (Å²) in [5, 5.41) is 0. The molecule has 0 bridgehead atoms. The zero-order valence-corrected chi connectivity index (χ0v) is 10.7. The maximum Gasteiger partial charge on any atom is 0.111 e. The van der Waals surface area contributed by atoms with Crippen LogP contribution in [-0.2, 0) is 4.74 Å². The van der Waals surface area contributed by atoms with Crippen molar-refractivity contribution < 1.29 is 9.15 Å². The van der Waals surface area contributed by atoms with Crippen LogP contribution in [0.2, 0.25) is 0 Å². The lowest BCUT2D eigenvalue weighted by Gasteiger charge is -2.33. The number of hydrogen-bond acceptors (Lipinski definition) is 2. The Balaban J connectivity index is 1.90. The average molecular weight is 252 g/mol. The summed E-state index contributed by atoms with van der Waals surface area (Å²) in [5.74, 6) is 0. The Labute approximate surface area is 113 Å². The van der Waals surface area contributed by atoms with Gasteiger partial charge in [0.2, 0.25) is 0 Å². The molecule has 1 aliphatic heterocycles. The number of furan rings is 1. The smallest absolute Gasteiger partial charge is 0.111 e. The third kappa shape index (κ3) is 2.27. The molecule has 2 heteroatoms. The van der Waals surface area contributed by atoms with Crippen LogP contribution in [-0.4, -0.2) is 0 Å². The summed E-state index contributed by atoms with van der Waals surface area (Å²) in [4.78, 5) is 0. The molecule has 0 spiro atoms. The summed E-state index contributed by atoms with van der Waals surface area (Å²) >= 11 is 0. The highest BCUT2D eigenvalue weighted by Crippen LogP contribution is 2.43. The normalized spacial score (nSPS) is 23.6. The van der Waals surface area contributed by atoms with Gasteiger partial charge in [-0.3, -0.25) is 0 Å². The van der Waals surface area contributed by atoms with Gasteiger partial charge in [-0.15, -0.1) is 0 Å². The van der Waals surface area contributed by atoms with Crippen molar-refractivity contribution in [2.24, 2.45) is 0 Å². The SMILES string of the molecule is C=C1C[C@@H](c2ccccc2)O[C@@H](c2ccoc2)C1=C. The maximum absolute atomic E-state index is 6.18. The molecular formula is C17H16O2. The fourth-order valence-electron chi connectivity index (χ4n) is 2.40. The number of benzene rings is 1. The van der Waals surface area contributed by atoms with Gasteiger partial charge in [-0.1, -0.05) is 43.5 Å². The highest BCUT2D eigenvalue weighted by atomic mass is 16.5. The summed E-state index contributed by atoms with van der Waals surface area (Å²) in [7, 11) is 0. The molecule has 1 saturated heterocycles. The minimum Gasteiger partial charge on any atom is -0.472 e. The minimum absolute atomic E-state index is 0.0269. The molecule has 2 nitrogen and oxygen atoms in total. The molecule has 1 aromatic carbocycles. The zero-order valence-electron chi connectivity index (χ0n) is 10.7. The summed E-state index contributed by atoms with van der Waals surface area (Å²) < 4.78 is 11.3. The van der Waals surface area contributed by atoms with Crippen molar-refractivity contribution in [2.75, 3.05) is 0 Å². The quantitative estimate of drug-likeness (QED) is 0.779. The lowest BCUT2D eigenvalue weighted by molar-refractivity contribution is -0.00806. The molecule has 3 rings (SSSR count). The lowest BCUT2D eigenvalue weighted by atomic mass is 9.89. The molecule has 2 heterocycles. The second kappa shape index (κ2) is 4.90. The Morgan fingerprint density at radius 3 is 2.47 bits per heavy atom. The third-order valence-corrected chi connectivity index (χ3v) is 3.52. The van der Waals surface area contributed by atoms with E-state index in [4.69, 9.17) is 9.15 Å². The molecule has 2 aromatic rings. The summed E-state index contributed by atoms with van der Waals surface area (Å²) in [6, 6.07) is 12.1. The van der Waals surface area contributed by atoms with Crippen molar-refractivity contribution >= 4 is 0 Å². The van der Waals surface area contributed by atoms with Gasteiger partial charge in [0.1, 0.15) is 6.10 Å². The van der Waals surface area contributed by atoms with Gasteiger partial charge in [-0.2, -0.15) is 0 Å². The highest BCUT2D eigenvalue weighted by molar-refractivity contribution is 5.38. The van der Waals surface area contributed by atoms with Crippen molar-refractivity contribution in [2.45, 2.75) is 18.6 Å². The molecule has 1 aromatic heterocycles. The first-order valence-electron chi connectivity index (χ1n) is 6.35. The fourth-order valence-corrected chi connectivity index (χ4v) is 2.40. The van der Waals surface area contributed by atoms with Crippen LogP contribution in [0, 0.1) is 0 Å². The van der Waals surface area contributed by atoms with Crippen LogP contribution in [0.4, 0.5) is 0 Å². The van der Waals surface area contributed by atoms with Gasteiger partial charge in [-0.25, -0.2) is 0 Å². The molecule has 0 aliphatic carbocycles. The molecule has 0 saturated carbocycles. The average Bonchev–Trinajstić information content (AvgIpc) is 2.96. The van der Waals surface area contributed by atoms with Crippen LogP contribution in [0.15, 0.2) is 77.6 Å². The van der Waals surface area contributed by atoms with E-state index >= 15 is 0 Å². The maximum atomic E-state index is 6.18. The van der Waals surface area contributed by atoms with Crippen LogP contribution in [0.5, 0.6) is 0 Å². The van der Waals surface area contributed by atoms with Gasteiger partial charge in [0, 0.05) is 12.0 Å². The van der Waals surface area contributed by atoms with Crippen molar-refractivity contribution in [1.29, 1.82) is 0 Å². The van der Waals surface area contributed by atoms with Crippen molar-refractivity contribution in [3.8, 4) is 0 Å². The van der Waals surface area contributed by atoms with Gasteiger partial charge >= 0.3 is 0 Å². The van der Waals surface area contributed by atoms with Gasteiger partial charge in [-0.05, 0) is 22.8 Å². The second-order valence-corrected chi connectivity index (χ2v) is 4.81. The first-order valence-corrected chi connectivity index (χ1v) is 6.35. The third-order valence-electron chi connectivity index (χ3n) is 3.52. The summed E-state index contributed by atoms with van der Waals surface area (Å²) in [6.45, 7) is 8.22. The van der Waals surface area contributed by atoms with E-state index in [-0.39, 0.29) is 12.2 Å². The molecule has 0 radical (unpaired) electrons. The molecule has 1 fully saturated rings. The van der Waals surface area contributed by atoms with Crippen molar-refractivity contribution in [1.82, 2.24) is 0 Å². The molecule has 2 atom stereocenters. The standard InChI is InChI=1S/C17H16O2/c1-12-10-16(14-6-4-3-5-7-14)19-17(13(12)2)15-8-9-18-11-15/h3-9,11,16-17H,1-2,10H2/t16-,17+/m0/s1. The molecule has 0 unspecified atom stereocenters. The topological polar surface area (TPSA) is 22.4 Å². The predicted octanol–water partition coefficient (Wildman–Crippen LogP) is 4.59. The molecule has 0 N–H and O–H groups in total. The second-order valence-electron chi connectivity index (χ2n) is 4.81. The highest BCUT2D eigenvalue weighted by Gasteiger charge is 2.30. The largest absolute Gasteiger partial charge is 0.472 e. The van der Waals surface area contributed by atoms with Crippen LogP contribution in [0.1, 0.15) is 29.8 Å². The van der Waals surface area contributed by atoms with Crippen LogP contribution >= 0.6 is 0 Å². The Bertz CT molecular complexity index is 581. The molecular weight excluding hydrogens is 236 g/mol. The van der Waals surface area contributed by atoms with Crippen LogP contribution in [0.25, 0.3) is 0 Å². The number of rotatable bonds is 2. The Kier molecular flexibility index (Phi) is 3.10. The van der Waals surface area contributed by atoms with Crippen molar-refractivity contribution in [3.05, 3.63) is 84.4 Å². The van der Waals surface area contributed by atoms with Gasteiger partial charge in [0.25, 0.3) is 0 Å². The van der Waals surface area contributed by atoms with E-state index in [1.165, 1.54) is 5.56 Å². The van der Waals surface area contributed by atoms with Gasteiger partial charge < -0.3 is 9.15 Å². The zero-order chi connectivity index (χ0) is 13.2. The van der Waals surface area contributed by atoms with Crippen LogP contribution < -0.4 is 0 Å². The molecule has 96 valence electrons. The van der Waals surface area contributed by atoms with E-state index in [0.717, 1.165) is 23.1 Å². The lowest BCUT2D eigenvalue weighted by Crippen LogP contribution is -2.19. The minimum atomic E-state index is -0.162. The van der Waals surface area contributed by atoms with Crippen LogP contribution in [0.3, 0.4) is 0 Å². The predicted molar refractivity (Wildman–Crippen MR) is 74.6 cm³/mol. The van der Waals surface area contributed by atoms with E-state index in [1.807, 2.05) is 24.3 Å².